The summed E-state index contributed by atoms with van der Waals surface area (Å²) in [5, 5.41) is 13.1. The number of aryl methyl sites for hydroxylation is 3. The van der Waals surface area contributed by atoms with Crippen LogP contribution in [0.15, 0.2) is 6.33 Å². The van der Waals surface area contributed by atoms with Gasteiger partial charge in [0.25, 0.3) is 5.91 Å². The number of hydrogen-bond acceptors (Lipinski definition) is 4. The van der Waals surface area contributed by atoms with E-state index in [0.717, 1.165) is 42.4 Å². The zero-order valence-corrected chi connectivity index (χ0v) is 16.9. The van der Waals surface area contributed by atoms with Crippen molar-refractivity contribution in [3.05, 3.63) is 29.1 Å². The smallest absolute Gasteiger partial charge is 0.257 e. The third-order valence-electron chi connectivity index (χ3n) is 6.81. The second-order valence-corrected chi connectivity index (χ2v) is 8.31. The molecule has 2 aromatic heterocycles. The maximum Gasteiger partial charge on any atom is 0.257 e. The first-order valence-electron chi connectivity index (χ1n) is 10.1. The van der Waals surface area contributed by atoms with E-state index in [1.54, 1.807) is 4.68 Å². The zero-order valence-electron chi connectivity index (χ0n) is 16.9. The van der Waals surface area contributed by atoms with Crippen LogP contribution in [0.2, 0.25) is 0 Å². The van der Waals surface area contributed by atoms with Crippen LogP contribution in [-0.2, 0) is 13.6 Å². The minimum atomic E-state index is 0.119. The molecule has 1 aliphatic heterocycles. The van der Waals surface area contributed by atoms with Crippen molar-refractivity contribution in [1.82, 2.24) is 29.4 Å². The molecule has 1 aliphatic carbocycles. The molecule has 0 radical (unpaired) electrons. The summed E-state index contributed by atoms with van der Waals surface area (Å²) < 4.78 is 3.95. The summed E-state index contributed by atoms with van der Waals surface area (Å²) in [4.78, 5) is 15.5. The summed E-state index contributed by atoms with van der Waals surface area (Å²) >= 11 is 0. The molecule has 2 aliphatic rings. The molecule has 146 valence electrons. The van der Waals surface area contributed by atoms with Gasteiger partial charge in [0, 0.05) is 38.3 Å². The summed E-state index contributed by atoms with van der Waals surface area (Å²) in [6.45, 7) is 8.44. The normalized spacial score (nSPS) is 21.9. The predicted octanol–water partition coefficient (Wildman–Crippen LogP) is 2.84. The SMILES string of the molecule is CCn1cnnc1C1CN(C(=O)c2c(C)nn(C)c2C)CC12CCCCC2. The number of aromatic nitrogens is 5. The van der Waals surface area contributed by atoms with Crippen molar-refractivity contribution in [3.8, 4) is 0 Å². The molecule has 27 heavy (non-hydrogen) atoms. The lowest BCUT2D eigenvalue weighted by molar-refractivity contribution is 0.0756. The number of rotatable bonds is 3. The second-order valence-electron chi connectivity index (χ2n) is 8.31. The third kappa shape index (κ3) is 2.87. The van der Waals surface area contributed by atoms with E-state index in [9.17, 15) is 4.79 Å². The fraction of sp³-hybridized carbons (Fsp3) is 0.700. The van der Waals surface area contributed by atoms with E-state index in [2.05, 4.69) is 31.7 Å². The van der Waals surface area contributed by atoms with Gasteiger partial charge in [-0.25, -0.2) is 0 Å². The molecule has 0 N–H and O–H groups in total. The Kier molecular flexibility index (Phi) is 4.56. The standard InChI is InChI=1S/C20H30N6O/c1-5-25-13-21-22-18(25)16-11-26(12-20(16)9-7-6-8-10-20)19(27)17-14(2)23-24(4)15(17)3/h13,16H,5-12H2,1-4H3. The third-order valence-corrected chi connectivity index (χ3v) is 6.81. The summed E-state index contributed by atoms with van der Waals surface area (Å²) in [7, 11) is 1.90. The highest BCUT2D eigenvalue weighted by atomic mass is 16.2. The Labute approximate surface area is 160 Å². The average Bonchev–Trinajstić information content (AvgIpc) is 3.32. The maximum atomic E-state index is 13.4. The van der Waals surface area contributed by atoms with Crippen molar-refractivity contribution in [2.75, 3.05) is 13.1 Å². The molecule has 1 saturated carbocycles. The van der Waals surface area contributed by atoms with Crippen molar-refractivity contribution in [3.63, 3.8) is 0 Å². The van der Waals surface area contributed by atoms with Crippen LogP contribution in [0.25, 0.3) is 0 Å². The van der Waals surface area contributed by atoms with Gasteiger partial charge in [0.05, 0.1) is 11.3 Å². The van der Waals surface area contributed by atoms with Crippen LogP contribution in [0.1, 0.15) is 72.5 Å². The molecule has 0 bridgehead atoms. The molecule has 7 heteroatoms. The van der Waals surface area contributed by atoms with Gasteiger partial charge in [0.2, 0.25) is 0 Å². The molecule has 2 fully saturated rings. The molecule has 4 rings (SSSR count). The molecule has 1 saturated heterocycles. The number of carbonyl (C=O) groups excluding carboxylic acids is 1. The Balaban J connectivity index is 1.69. The lowest BCUT2D eigenvalue weighted by atomic mass is 9.67. The Morgan fingerprint density at radius 2 is 2.00 bits per heavy atom. The van der Waals surface area contributed by atoms with Gasteiger partial charge in [-0.3, -0.25) is 9.48 Å². The minimum absolute atomic E-state index is 0.119. The van der Waals surface area contributed by atoms with Gasteiger partial charge in [-0.1, -0.05) is 19.3 Å². The number of nitrogens with zero attached hydrogens (tertiary/aromatic N) is 6. The average molecular weight is 371 g/mol. The van der Waals surface area contributed by atoms with Crippen LogP contribution < -0.4 is 0 Å². The van der Waals surface area contributed by atoms with E-state index >= 15 is 0 Å². The lowest BCUT2D eigenvalue weighted by Crippen LogP contribution is -2.35. The largest absolute Gasteiger partial charge is 0.337 e. The second kappa shape index (κ2) is 6.77. The molecule has 2 aromatic rings. The van der Waals surface area contributed by atoms with E-state index in [1.807, 2.05) is 27.2 Å². The lowest BCUT2D eigenvalue weighted by Gasteiger charge is -2.37. The summed E-state index contributed by atoms with van der Waals surface area (Å²) in [6.07, 6.45) is 7.94. The summed E-state index contributed by atoms with van der Waals surface area (Å²) in [6, 6.07) is 0. The van der Waals surface area contributed by atoms with Crippen LogP contribution in [0.3, 0.4) is 0 Å². The van der Waals surface area contributed by atoms with Gasteiger partial charge in [-0.15, -0.1) is 10.2 Å². The minimum Gasteiger partial charge on any atom is -0.337 e. The molecular formula is C20H30N6O. The molecule has 3 heterocycles. The Morgan fingerprint density at radius 3 is 2.63 bits per heavy atom. The van der Waals surface area contributed by atoms with Gasteiger partial charge in [0.1, 0.15) is 12.2 Å². The highest BCUT2D eigenvalue weighted by molar-refractivity contribution is 5.96. The van der Waals surface area contributed by atoms with E-state index in [-0.39, 0.29) is 17.2 Å². The number of amides is 1. The first-order chi connectivity index (χ1) is 13.0. The topological polar surface area (TPSA) is 68.8 Å². The Bertz CT molecular complexity index is 845. The van der Waals surface area contributed by atoms with Crippen molar-refractivity contribution in [1.29, 1.82) is 0 Å². The summed E-state index contributed by atoms with van der Waals surface area (Å²) in [5.41, 5.74) is 2.66. The van der Waals surface area contributed by atoms with Gasteiger partial charge in [0.15, 0.2) is 0 Å². The highest BCUT2D eigenvalue weighted by Gasteiger charge is 2.51. The Morgan fingerprint density at radius 1 is 1.26 bits per heavy atom. The molecule has 1 unspecified atom stereocenters. The van der Waals surface area contributed by atoms with E-state index in [0.29, 0.717) is 0 Å². The van der Waals surface area contributed by atoms with Crippen molar-refractivity contribution >= 4 is 5.91 Å². The first-order valence-corrected chi connectivity index (χ1v) is 10.1. The molecular weight excluding hydrogens is 340 g/mol. The maximum absolute atomic E-state index is 13.4. The van der Waals surface area contributed by atoms with Crippen molar-refractivity contribution in [2.24, 2.45) is 12.5 Å². The van der Waals surface area contributed by atoms with Gasteiger partial charge in [-0.2, -0.15) is 5.10 Å². The summed E-state index contributed by atoms with van der Waals surface area (Å²) in [5.74, 6) is 1.43. The van der Waals surface area contributed by atoms with Gasteiger partial charge < -0.3 is 9.47 Å². The fourth-order valence-electron chi connectivity index (χ4n) is 5.26. The number of hydrogen-bond donors (Lipinski definition) is 0. The fourth-order valence-corrected chi connectivity index (χ4v) is 5.26. The highest BCUT2D eigenvalue weighted by Crippen LogP contribution is 2.51. The van der Waals surface area contributed by atoms with Crippen LogP contribution >= 0.6 is 0 Å². The molecule has 1 spiro atoms. The quantitative estimate of drug-likeness (QED) is 0.833. The number of carbonyl (C=O) groups is 1. The van der Waals surface area contributed by atoms with E-state index in [4.69, 9.17) is 0 Å². The molecule has 7 nitrogen and oxygen atoms in total. The van der Waals surface area contributed by atoms with Crippen LogP contribution in [0.4, 0.5) is 0 Å². The molecule has 1 amide bonds. The zero-order chi connectivity index (χ0) is 19.2. The van der Waals surface area contributed by atoms with Crippen LogP contribution in [-0.4, -0.2) is 48.4 Å². The van der Waals surface area contributed by atoms with E-state index < -0.39 is 0 Å². The molecule has 1 atom stereocenters. The predicted molar refractivity (Wildman–Crippen MR) is 103 cm³/mol. The van der Waals surface area contributed by atoms with Crippen LogP contribution in [0.5, 0.6) is 0 Å². The van der Waals surface area contributed by atoms with Crippen molar-refractivity contribution in [2.45, 2.75) is 65.3 Å². The Hall–Kier alpha value is -2.18. The number of likely N-dealkylation sites (tertiary alicyclic amines) is 1. The van der Waals surface area contributed by atoms with Crippen molar-refractivity contribution < 1.29 is 4.79 Å². The van der Waals surface area contributed by atoms with Gasteiger partial charge >= 0.3 is 0 Å². The monoisotopic (exact) mass is 370 g/mol. The first kappa shape index (κ1) is 18.2. The molecule has 0 aromatic carbocycles. The van der Waals surface area contributed by atoms with E-state index in [1.165, 1.54) is 32.1 Å². The van der Waals surface area contributed by atoms with Crippen LogP contribution in [0, 0.1) is 19.3 Å². The van der Waals surface area contributed by atoms with Gasteiger partial charge in [-0.05, 0) is 39.0 Å².